The number of nitrogens with one attached hydrogen (secondary N) is 1. The first kappa shape index (κ1) is 12.7. The molecule has 2 heterocycles. The first-order valence-corrected chi connectivity index (χ1v) is 6.86. The molecule has 0 saturated carbocycles. The van der Waals surface area contributed by atoms with Crippen molar-refractivity contribution in [2.24, 2.45) is 5.92 Å². The Labute approximate surface area is 118 Å². The van der Waals surface area contributed by atoms with Crippen LogP contribution in [0.4, 0.5) is 11.6 Å². The molecule has 1 N–H and O–H groups in total. The van der Waals surface area contributed by atoms with Crippen LogP contribution in [0, 0.1) is 5.92 Å². The van der Waals surface area contributed by atoms with E-state index in [0.717, 1.165) is 29.2 Å². The Morgan fingerprint density at radius 2 is 2.00 bits per heavy atom. The molecular formula is C16H18N4. The van der Waals surface area contributed by atoms with Crippen LogP contribution in [0.5, 0.6) is 0 Å². The highest BCUT2D eigenvalue weighted by Crippen LogP contribution is 2.23. The second-order valence-corrected chi connectivity index (χ2v) is 5.30. The molecule has 0 aliphatic rings. The van der Waals surface area contributed by atoms with Crippen LogP contribution in [0.1, 0.15) is 13.8 Å². The van der Waals surface area contributed by atoms with E-state index in [9.17, 15) is 0 Å². The van der Waals surface area contributed by atoms with Gasteiger partial charge in [0.2, 0.25) is 5.95 Å². The molecule has 0 fully saturated rings. The number of imidazole rings is 1. The number of benzene rings is 1. The molecule has 0 saturated heterocycles. The average Bonchev–Trinajstić information content (AvgIpc) is 2.78. The molecule has 4 nitrogen and oxygen atoms in total. The molecule has 0 aliphatic heterocycles. The summed E-state index contributed by atoms with van der Waals surface area (Å²) in [7, 11) is 0. The minimum absolute atomic E-state index is 0.557. The van der Waals surface area contributed by atoms with Crippen molar-refractivity contribution in [2.75, 3.05) is 5.32 Å². The van der Waals surface area contributed by atoms with Gasteiger partial charge in [-0.25, -0.2) is 4.98 Å². The summed E-state index contributed by atoms with van der Waals surface area (Å²) < 4.78 is 2.23. The number of fused-ring (bicyclic) bond motifs is 1. The van der Waals surface area contributed by atoms with Gasteiger partial charge in [-0.3, -0.25) is 4.98 Å². The molecule has 0 radical (unpaired) electrons. The van der Waals surface area contributed by atoms with Crippen molar-refractivity contribution >= 4 is 22.7 Å². The highest BCUT2D eigenvalue weighted by molar-refractivity contribution is 5.79. The quantitative estimate of drug-likeness (QED) is 0.780. The van der Waals surface area contributed by atoms with Gasteiger partial charge in [0, 0.05) is 12.7 Å². The Kier molecular flexibility index (Phi) is 3.37. The van der Waals surface area contributed by atoms with E-state index in [2.05, 4.69) is 45.8 Å². The Hall–Kier alpha value is -2.36. The van der Waals surface area contributed by atoms with Crippen molar-refractivity contribution in [3.63, 3.8) is 0 Å². The van der Waals surface area contributed by atoms with Crippen LogP contribution in [0.2, 0.25) is 0 Å². The van der Waals surface area contributed by atoms with E-state index in [0.29, 0.717) is 5.92 Å². The lowest BCUT2D eigenvalue weighted by molar-refractivity contribution is 0.537. The van der Waals surface area contributed by atoms with Crippen molar-refractivity contribution < 1.29 is 0 Å². The molecule has 0 amide bonds. The Morgan fingerprint density at radius 3 is 2.75 bits per heavy atom. The lowest BCUT2D eigenvalue weighted by Crippen LogP contribution is -2.08. The Bertz CT molecular complexity index is 701. The van der Waals surface area contributed by atoms with Gasteiger partial charge >= 0.3 is 0 Å². The third kappa shape index (κ3) is 2.50. The molecule has 3 rings (SSSR count). The van der Waals surface area contributed by atoms with Crippen molar-refractivity contribution in [3.05, 3.63) is 48.8 Å². The maximum Gasteiger partial charge on any atom is 0.208 e. The maximum absolute atomic E-state index is 4.69. The van der Waals surface area contributed by atoms with Gasteiger partial charge in [0.05, 0.1) is 22.9 Å². The normalized spacial score (nSPS) is 11.2. The molecule has 0 unspecified atom stereocenters. The number of rotatable bonds is 4. The highest BCUT2D eigenvalue weighted by atomic mass is 15.2. The van der Waals surface area contributed by atoms with Gasteiger partial charge in [0.1, 0.15) is 0 Å². The molecule has 0 aliphatic carbocycles. The molecule has 20 heavy (non-hydrogen) atoms. The maximum atomic E-state index is 4.69. The summed E-state index contributed by atoms with van der Waals surface area (Å²) in [5.74, 6) is 1.43. The summed E-state index contributed by atoms with van der Waals surface area (Å²) in [6.45, 7) is 5.36. The number of anilines is 2. The molecule has 0 atom stereocenters. The summed E-state index contributed by atoms with van der Waals surface area (Å²) in [6.07, 6.45) is 3.57. The van der Waals surface area contributed by atoms with Crippen LogP contribution in [0.25, 0.3) is 11.0 Å². The highest BCUT2D eigenvalue weighted by Gasteiger charge is 2.11. The standard InChI is InChI=1S/C16H18N4/c1-12(2)11-20-15-8-4-3-7-14(15)19-16(20)18-13-6-5-9-17-10-13/h3-10,12H,11H2,1-2H3,(H,18,19). The lowest BCUT2D eigenvalue weighted by atomic mass is 10.2. The van der Waals surface area contributed by atoms with Crippen LogP contribution >= 0.6 is 0 Å². The van der Waals surface area contributed by atoms with Gasteiger partial charge in [-0.1, -0.05) is 26.0 Å². The number of aromatic nitrogens is 3. The smallest absolute Gasteiger partial charge is 0.208 e. The van der Waals surface area contributed by atoms with Crippen LogP contribution in [0.3, 0.4) is 0 Å². The second-order valence-electron chi connectivity index (χ2n) is 5.30. The summed E-state index contributed by atoms with van der Waals surface area (Å²) >= 11 is 0. The van der Waals surface area contributed by atoms with Crippen molar-refractivity contribution in [2.45, 2.75) is 20.4 Å². The predicted molar refractivity (Wildman–Crippen MR) is 82.1 cm³/mol. The average molecular weight is 266 g/mol. The van der Waals surface area contributed by atoms with E-state index in [4.69, 9.17) is 0 Å². The molecule has 4 heteroatoms. The molecule has 2 aromatic heterocycles. The molecule has 3 aromatic rings. The van der Waals surface area contributed by atoms with Crippen LogP contribution in [0.15, 0.2) is 48.8 Å². The fraction of sp³-hybridized carbons (Fsp3) is 0.250. The number of pyridine rings is 1. The monoisotopic (exact) mass is 266 g/mol. The van der Waals surface area contributed by atoms with E-state index >= 15 is 0 Å². The largest absolute Gasteiger partial charge is 0.324 e. The minimum Gasteiger partial charge on any atom is -0.324 e. The Morgan fingerprint density at radius 1 is 1.15 bits per heavy atom. The minimum atomic E-state index is 0.557. The summed E-state index contributed by atoms with van der Waals surface area (Å²) in [5, 5.41) is 3.36. The van der Waals surface area contributed by atoms with Gasteiger partial charge in [0.15, 0.2) is 0 Å². The van der Waals surface area contributed by atoms with E-state index in [-0.39, 0.29) is 0 Å². The van der Waals surface area contributed by atoms with Gasteiger partial charge in [0.25, 0.3) is 0 Å². The third-order valence-electron chi connectivity index (χ3n) is 3.12. The van der Waals surface area contributed by atoms with E-state index < -0.39 is 0 Å². The molecule has 0 spiro atoms. The summed E-state index contributed by atoms with van der Waals surface area (Å²) in [5.41, 5.74) is 3.12. The zero-order valence-electron chi connectivity index (χ0n) is 11.7. The van der Waals surface area contributed by atoms with Gasteiger partial charge in [-0.05, 0) is 30.2 Å². The second kappa shape index (κ2) is 5.33. The van der Waals surface area contributed by atoms with Gasteiger partial charge < -0.3 is 9.88 Å². The fourth-order valence-electron chi connectivity index (χ4n) is 2.29. The number of para-hydroxylation sites is 2. The first-order chi connectivity index (χ1) is 9.74. The van der Waals surface area contributed by atoms with E-state index in [1.807, 2.05) is 24.3 Å². The van der Waals surface area contributed by atoms with Gasteiger partial charge in [-0.2, -0.15) is 0 Å². The first-order valence-electron chi connectivity index (χ1n) is 6.86. The van der Waals surface area contributed by atoms with E-state index in [1.165, 1.54) is 0 Å². The fourth-order valence-corrected chi connectivity index (χ4v) is 2.29. The SMILES string of the molecule is CC(C)Cn1c(Nc2cccnc2)nc2ccccc21. The Balaban J connectivity index is 2.04. The lowest BCUT2D eigenvalue weighted by Gasteiger charge is -2.12. The van der Waals surface area contributed by atoms with Crippen LogP contribution < -0.4 is 5.32 Å². The molecule has 1 aromatic carbocycles. The van der Waals surface area contributed by atoms with Crippen molar-refractivity contribution in [3.8, 4) is 0 Å². The van der Waals surface area contributed by atoms with Crippen molar-refractivity contribution in [1.82, 2.24) is 14.5 Å². The number of hydrogen-bond donors (Lipinski definition) is 1. The molecule has 0 bridgehead atoms. The van der Waals surface area contributed by atoms with Crippen molar-refractivity contribution in [1.29, 1.82) is 0 Å². The molecule has 102 valence electrons. The third-order valence-corrected chi connectivity index (χ3v) is 3.12. The topological polar surface area (TPSA) is 42.7 Å². The van der Waals surface area contributed by atoms with E-state index in [1.54, 1.807) is 12.4 Å². The summed E-state index contributed by atoms with van der Waals surface area (Å²) in [6, 6.07) is 12.1. The zero-order chi connectivity index (χ0) is 13.9. The summed E-state index contributed by atoms with van der Waals surface area (Å²) in [4.78, 5) is 8.81. The number of hydrogen-bond acceptors (Lipinski definition) is 3. The predicted octanol–water partition coefficient (Wildman–Crippen LogP) is 3.83. The van der Waals surface area contributed by atoms with Crippen LogP contribution in [-0.2, 0) is 6.54 Å². The zero-order valence-corrected chi connectivity index (χ0v) is 11.7. The number of nitrogens with zero attached hydrogens (tertiary/aromatic N) is 3. The molecular weight excluding hydrogens is 248 g/mol. The van der Waals surface area contributed by atoms with Gasteiger partial charge in [-0.15, -0.1) is 0 Å². The van der Waals surface area contributed by atoms with Crippen LogP contribution in [-0.4, -0.2) is 14.5 Å².